The molecule has 0 spiro atoms. The molecule has 1 fully saturated rings. The van der Waals surface area contributed by atoms with Crippen LogP contribution in [0.1, 0.15) is 36.9 Å². The Morgan fingerprint density at radius 3 is 2.79 bits per heavy atom. The van der Waals surface area contributed by atoms with Crippen LogP contribution in [0.4, 0.5) is 0 Å². The van der Waals surface area contributed by atoms with Crippen molar-refractivity contribution in [3.8, 4) is 0 Å². The molecule has 2 heterocycles. The van der Waals surface area contributed by atoms with Crippen LogP contribution < -0.4 is 5.32 Å². The molecule has 0 bridgehead atoms. The zero-order valence-electron chi connectivity index (χ0n) is 12.5. The standard InChI is InChI=1S/C15H26N2OS/c1-11(2)16-9-13-5-6-14(19-13)10-17(4)15-7-8-18-12(15)3/h5-6,11-12,15-16H,7-10H2,1-4H3. The maximum Gasteiger partial charge on any atom is 0.0703 e. The molecule has 0 radical (unpaired) electrons. The highest BCUT2D eigenvalue weighted by molar-refractivity contribution is 7.11. The topological polar surface area (TPSA) is 24.5 Å². The van der Waals surface area contributed by atoms with Crippen molar-refractivity contribution >= 4 is 11.3 Å². The first kappa shape index (κ1) is 15.0. The highest BCUT2D eigenvalue weighted by atomic mass is 32.1. The normalized spacial score (nSPS) is 23.7. The molecule has 1 aliphatic heterocycles. The number of hydrogen-bond acceptors (Lipinski definition) is 4. The van der Waals surface area contributed by atoms with E-state index in [-0.39, 0.29) is 0 Å². The lowest BCUT2D eigenvalue weighted by molar-refractivity contribution is 0.0817. The SMILES string of the molecule is CC(C)NCc1ccc(CN(C)C2CCOC2C)s1. The maximum absolute atomic E-state index is 5.65. The van der Waals surface area contributed by atoms with Crippen molar-refractivity contribution < 1.29 is 4.74 Å². The molecule has 1 aromatic rings. The first-order chi connectivity index (χ1) is 9.06. The molecule has 19 heavy (non-hydrogen) atoms. The Labute approximate surface area is 121 Å². The molecule has 1 aliphatic rings. The number of rotatable bonds is 6. The molecule has 3 nitrogen and oxygen atoms in total. The molecule has 2 atom stereocenters. The van der Waals surface area contributed by atoms with Gasteiger partial charge in [-0.3, -0.25) is 4.90 Å². The van der Waals surface area contributed by atoms with Gasteiger partial charge < -0.3 is 10.1 Å². The van der Waals surface area contributed by atoms with Crippen LogP contribution in [-0.4, -0.2) is 36.7 Å². The Hall–Kier alpha value is -0.420. The van der Waals surface area contributed by atoms with E-state index in [2.05, 4.69) is 50.2 Å². The highest BCUT2D eigenvalue weighted by Crippen LogP contribution is 2.23. The Morgan fingerprint density at radius 2 is 2.16 bits per heavy atom. The quantitative estimate of drug-likeness (QED) is 0.868. The zero-order valence-corrected chi connectivity index (χ0v) is 13.3. The zero-order chi connectivity index (χ0) is 13.8. The van der Waals surface area contributed by atoms with E-state index < -0.39 is 0 Å². The van der Waals surface area contributed by atoms with Crippen LogP contribution in [0.2, 0.25) is 0 Å². The van der Waals surface area contributed by atoms with Crippen molar-refractivity contribution in [2.24, 2.45) is 0 Å². The van der Waals surface area contributed by atoms with Gasteiger partial charge in [0.15, 0.2) is 0 Å². The summed E-state index contributed by atoms with van der Waals surface area (Å²) in [5.74, 6) is 0. The first-order valence-corrected chi connectivity index (χ1v) is 8.00. The molecule has 0 aromatic carbocycles. The van der Waals surface area contributed by atoms with E-state index in [1.54, 1.807) is 0 Å². The van der Waals surface area contributed by atoms with E-state index in [1.807, 2.05) is 11.3 Å². The Morgan fingerprint density at radius 1 is 1.42 bits per heavy atom. The van der Waals surface area contributed by atoms with Crippen molar-refractivity contribution in [1.82, 2.24) is 10.2 Å². The van der Waals surface area contributed by atoms with Gasteiger partial charge in [0.2, 0.25) is 0 Å². The average Bonchev–Trinajstić information content (AvgIpc) is 2.95. The second-order valence-electron chi connectivity index (χ2n) is 5.75. The van der Waals surface area contributed by atoms with Crippen molar-refractivity contribution in [2.75, 3.05) is 13.7 Å². The fourth-order valence-electron chi connectivity index (χ4n) is 2.57. The van der Waals surface area contributed by atoms with Gasteiger partial charge >= 0.3 is 0 Å². The number of likely N-dealkylation sites (N-methyl/N-ethyl adjacent to an activating group) is 1. The first-order valence-electron chi connectivity index (χ1n) is 7.19. The number of thiophene rings is 1. The number of nitrogens with zero attached hydrogens (tertiary/aromatic N) is 1. The predicted octanol–water partition coefficient (Wildman–Crippen LogP) is 2.86. The van der Waals surface area contributed by atoms with Crippen LogP contribution in [-0.2, 0) is 17.8 Å². The van der Waals surface area contributed by atoms with E-state index in [0.29, 0.717) is 18.2 Å². The van der Waals surface area contributed by atoms with Gasteiger partial charge in [0.05, 0.1) is 6.10 Å². The van der Waals surface area contributed by atoms with Crippen LogP contribution >= 0.6 is 11.3 Å². The molecule has 0 amide bonds. The molecule has 108 valence electrons. The maximum atomic E-state index is 5.65. The second kappa shape index (κ2) is 6.84. The van der Waals surface area contributed by atoms with E-state index in [4.69, 9.17) is 4.74 Å². The smallest absolute Gasteiger partial charge is 0.0703 e. The van der Waals surface area contributed by atoms with Crippen molar-refractivity contribution in [3.63, 3.8) is 0 Å². The van der Waals surface area contributed by atoms with Gasteiger partial charge in [-0.25, -0.2) is 0 Å². The predicted molar refractivity (Wildman–Crippen MR) is 81.6 cm³/mol. The van der Waals surface area contributed by atoms with Crippen molar-refractivity contribution in [1.29, 1.82) is 0 Å². The van der Waals surface area contributed by atoms with Crippen LogP contribution in [0.3, 0.4) is 0 Å². The molecule has 4 heteroatoms. The molecule has 0 aliphatic carbocycles. The van der Waals surface area contributed by atoms with Gasteiger partial charge in [-0.2, -0.15) is 0 Å². The van der Waals surface area contributed by atoms with Crippen LogP contribution in [0.25, 0.3) is 0 Å². The lowest BCUT2D eigenvalue weighted by atomic mass is 10.1. The van der Waals surface area contributed by atoms with Crippen LogP contribution in [0, 0.1) is 0 Å². The number of hydrogen-bond donors (Lipinski definition) is 1. The van der Waals surface area contributed by atoms with Gasteiger partial charge in [-0.15, -0.1) is 11.3 Å². The minimum atomic E-state index is 0.368. The Balaban J connectivity index is 1.85. The summed E-state index contributed by atoms with van der Waals surface area (Å²) >= 11 is 1.92. The van der Waals surface area contributed by atoms with Gasteiger partial charge in [0.25, 0.3) is 0 Å². The van der Waals surface area contributed by atoms with Crippen molar-refractivity contribution in [2.45, 2.75) is 58.5 Å². The summed E-state index contributed by atoms with van der Waals surface area (Å²) in [6, 6.07) is 5.63. The minimum absolute atomic E-state index is 0.368. The third-order valence-corrected chi connectivity index (χ3v) is 4.78. The summed E-state index contributed by atoms with van der Waals surface area (Å²) in [6.07, 6.45) is 1.53. The highest BCUT2D eigenvalue weighted by Gasteiger charge is 2.27. The van der Waals surface area contributed by atoms with E-state index in [9.17, 15) is 0 Å². The molecule has 1 aromatic heterocycles. The monoisotopic (exact) mass is 282 g/mol. The average molecular weight is 282 g/mol. The largest absolute Gasteiger partial charge is 0.377 e. The van der Waals surface area contributed by atoms with Crippen molar-refractivity contribution in [3.05, 3.63) is 21.9 Å². The summed E-state index contributed by atoms with van der Waals surface area (Å²) in [6.45, 7) is 9.47. The fraction of sp³-hybridized carbons (Fsp3) is 0.733. The minimum Gasteiger partial charge on any atom is -0.377 e. The molecular formula is C15H26N2OS. The summed E-state index contributed by atoms with van der Waals surface area (Å²) in [4.78, 5) is 5.30. The lowest BCUT2D eigenvalue weighted by Gasteiger charge is -2.25. The van der Waals surface area contributed by atoms with Gasteiger partial charge in [-0.05, 0) is 32.5 Å². The molecule has 1 N–H and O–H groups in total. The van der Waals surface area contributed by atoms with Crippen LogP contribution in [0.5, 0.6) is 0 Å². The van der Waals surface area contributed by atoms with Gasteiger partial charge in [-0.1, -0.05) is 13.8 Å². The third kappa shape index (κ3) is 4.28. The Kier molecular flexibility index (Phi) is 5.39. The van der Waals surface area contributed by atoms with Gasteiger partial charge in [0, 0.05) is 41.5 Å². The summed E-state index contributed by atoms with van der Waals surface area (Å²) in [7, 11) is 2.21. The summed E-state index contributed by atoms with van der Waals surface area (Å²) in [5, 5.41) is 3.47. The molecule has 2 unspecified atom stereocenters. The van der Waals surface area contributed by atoms with E-state index >= 15 is 0 Å². The third-order valence-electron chi connectivity index (χ3n) is 3.71. The molecule has 2 rings (SSSR count). The molecule has 0 saturated carbocycles. The lowest BCUT2D eigenvalue weighted by Crippen LogP contribution is -2.35. The second-order valence-corrected chi connectivity index (χ2v) is 7.00. The fourth-order valence-corrected chi connectivity index (χ4v) is 3.60. The number of nitrogens with one attached hydrogen (secondary N) is 1. The number of ether oxygens (including phenoxy) is 1. The van der Waals surface area contributed by atoms with E-state index in [1.165, 1.54) is 9.75 Å². The van der Waals surface area contributed by atoms with Crippen LogP contribution in [0.15, 0.2) is 12.1 Å². The summed E-state index contributed by atoms with van der Waals surface area (Å²) in [5.41, 5.74) is 0. The summed E-state index contributed by atoms with van der Waals surface area (Å²) < 4.78 is 5.65. The Bertz CT molecular complexity index is 391. The van der Waals surface area contributed by atoms with Gasteiger partial charge in [0.1, 0.15) is 0 Å². The molecule has 1 saturated heterocycles. The van der Waals surface area contributed by atoms with E-state index in [0.717, 1.165) is 26.1 Å². The molecular weight excluding hydrogens is 256 g/mol.